The first-order valence-corrected chi connectivity index (χ1v) is 11.2. The zero-order valence-electron chi connectivity index (χ0n) is 17.1. The number of primary amides is 1. The number of fused-ring (bicyclic) bond motifs is 3. The van der Waals surface area contributed by atoms with Crippen molar-refractivity contribution in [1.29, 1.82) is 0 Å². The minimum absolute atomic E-state index is 0.377. The maximum absolute atomic E-state index is 13.0. The minimum Gasteiger partial charge on any atom is -0.452 e. The van der Waals surface area contributed by atoms with E-state index in [0.717, 1.165) is 51.2 Å². The molecule has 1 heterocycles. The van der Waals surface area contributed by atoms with E-state index in [-0.39, 0.29) is 0 Å². The molecule has 0 spiro atoms. The number of esters is 1. The third kappa shape index (κ3) is 3.50. The van der Waals surface area contributed by atoms with Crippen molar-refractivity contribution in [2.75, 3.05) is 11.9 Å². The Kier molecular flexibility index (Phi) is 5.11. The number of carbonyl (C=O) groups excluding carboxylic acids is 3. The van der Waals surface area contributed by atoms with Gasteiger partial charge in [0.05, 0.1) is 11.1 Å². The summed E-state index contributed by atoms with van der Waals surface area (Å²) in [6, 6.07) is 17.2. The average Bonchev–Trinajstić information content (AvgIpc) is 3.36. The number of nitrogens with two attached hydrogens (primary N) is 1. The van der Waals surface area contributed by atoms with Gasteiger partial charge in [-0.25, -0.2) is 4.79 Å². The Bertz CT molecular complexity index is 1350. The highest BCUT2D eigenvalue weighted by Gasteiger charge is 2.26. The van der Waals surface area contributed by atoms with Crippen LogP contribution in [0.25, 0.3) is 21.5 Å². The highest BCUT2D eigenvalue weighted by atomic mass is 32.1. The first kappa shape index (κ1) is 20.2. The number of thiophene rings is 1. The van der Waals surface area contributed by atoms with Crippen LogP contribution in [0, 0.1) is 0 Å². The molecular formula is C25H20N2O4S. The van der Waals surface area contributed by atoms with Crippen molar-refractivity contribution in [3.63, 3.8) is 0 Å². The molecule has 5 rings (SSSR count). The highest BCUT2D eigenvalue weighted by Crippen LogP contribution is 2.38. The van der Waals surface area contributed by atoms with E-state index >= 15 is 0 Å². The fourth-order valence-electron chi connectivity index (χ4n) is 4.35. The molecule has 4 aromatic rings. The second kappa shape index (κ2) is 8.09. The number of rotatable bonds is 5. The third-order valence-electron chi connectivity index (χ3n) is 5.73. The Morgan fingerprint density at radius 3 is 2.25 bits per heavy atom. The molecule has 0 saturated carbocycles. The van der Waals surface area contributed by atoms with Crippen LogP contribution in [0.5, 0.6) is 0 Å². The van der Waals surface area contributed by atoms with Gasteiger partial charge in [-0.15, -0.1) is 11.3 Å². The van der Waals surface area contributed by atoms with E-state index in [2.05, 4.69) is 5.32 Å². The number of hydrogen-bond acceptors (Lipinski definition) is 5. The average molecular weight is 445 g/mol. The van der Waals surface area contributed by atoms with Crippen LogP contribution >= 0.6 is 11.3 Å². The van der Waals surface area contributed by atoms with E-state index < -0.39 is 24.4 Å². The molecule has 1 aliphatic rings. The molecule has 160 valence electrons. The third-order valence-corrected chi connectivity index (χ3v) is 6.94. The normalized spacial score (nSPS) is 12.6. The lowest BCUT2D eigenvalue weighted by Crippen LogP contribution is -2.23. The number of anilines is 1. The zero-order chi connectivity index (χ0) is 22.2. The zero-order valence-corrected chi connectivity index (χ0v) is 18.0. The molecule has 3 N–H and O–H groups in total. The van der Waals surface area contributed by atoms with Gasteiger partial charge in [0, 0.05) is 4.88 Å². The molecule has 0 bridgehead atoms. The Morgan fingerprint density at radius 1 is 0.938 bits per heavy atom. The van der Waals surface area contributed by atoms with Crippen LogP contribution in [0.1, 0.15) is 37.6 Å². The molecule has 7 heteroatoms. The van der Waals surface area contributed by atoms with Crippen molar-refractivity contribution < 1.29 is 19.1 Å². The smallest absolute Gasteiger partial charge is 0.339 e. The molecule has 32 heavy (non-hydrogen) atoms. The number of carbonyl (C=O) groups is 3. The standard InChI is InChI=1S/C25H20N2O4S/c26-23(29)22-18-10-5-11-19(18)32-24(22)27-20(28)13-31-25(30)21-16-8-3-1-6-14(16)12-15-7-2-4-9-17(15)21/h1-4,6-9,12H,5,10-11,13H2,(H2,26,29)(H,27,28). The number of aryl methyl sites for hydroxylation is 1. The van der Waals surface area contributed by atoms with Crippen LogP contribution in [0.4, 0.5) is 5.00 Å². The van der Waals surface area contributed by atoms with E-state index in [4.69, 9.17) is 10.5 Å². The van der Waals surface area contributed by atoms with Gasteiger partial charge in [-0.05, 0) is 52.4 Å². The fourth-order valence-corrected chi connectivity index (χ4v) is 5.66. The molecule has 0 atom stereocenters. The quantitative estimate of drug-likeness (QED) is 0.351. The Hall–Kier alpha value is -3.71. The van der Waals surface area contributed by atoms with E-state index in [1.807, 2.05) is 54.6 Å². The second-order valence-corrected chi connectivity index (χ2v) is 8.85. The summed E-state index contributed by atoms with van der Waals surface area (Å²) >= 11 is 1.37. The number of amides is 2. The molecule has 0 aliphatic heterocycles. The minimum atomic E-state index is -0.572. The lowest BCUT2D eigenvalue weighted by atomic mass is 9.97. The topological polar surface area (TPSA) is 98.5 Å². The summed E-state index contributed by atoms with van der Waals surface area (Å²) in [5.41, 5.74) is 7.28. The SMILES string of the molecule is NC(=O)c1c(NC(=O)COC(=O)c2c3ccccc3cc3ccccc23)sc2c1CCC2. The van der Waals surface area contributed by atoms with Gasteiger partial charge in [-0.3, -0.25) is 9.59 Å². The van der Waals surface area contributed by atoms with E-state index in [0.29, 0.717) is 16.1 Å². The van der Waals surface area contributed by atoms with Gasteiger partial charge in [0.15, 0.2) is 6.61 Å². The molecule has 6 nitrogen and oxygen atoms in total. The van der Waals surface area contributed by atoms with Crippen LogP contribution in [0.15, 0.2) is 54.6 Å². The van der Waals surface area contributed by atoms with Crippen LogP contribution < -0.4 is 11.1 Å². The first-order chi connectivity index (χ1) is 15.5. The molecule has 1 aliphatic carbocycles. The Labute approximate surface area is 188 Å². The Morgan fingerprint density at radius 2 is 1.59 bits per heavy atom. The van der Waals surface area contributed by atoms with Crippen LogP contribution in [0.3, 0.4) is 0 Å². The summed E-state index contributed by atoms with van der Waals surface area (Å²) in [5, 5.41) is 6.50. The van der Waals surface area contributed by atoms with Gasteiger partial charge in [-0.1, -0.05) is 48.5 Å². The van der Waals surface area contributed by atoms with Crippen molar-refractivity contribution in [3.05, 3.63) is 76.2 Å². The van der Waals surface area contributed by atoms with Crippen LogP contribution in [-0.2, 0) is 22.4 Å². The molecule has 3 aromatic carbocycles. The summed E-state index contributed by atoms with van der Waals surface area (Å²) in [7, 11) is 0. The lowest BCUT2D eigenvalue weighted by molar-refractivity contribution is -0.119. The van der Waals surface area contributed by atoms with Crippen molar-refractivity contribution in [3.8, 4) is 0 Å². The summed E-state index contributed by atoms with van der Waals surface area (Å²) in [6.45, 7) is -0.461. The van der Waals surface area contributed by atoms with E-state index in [1.54, 1.807) is 0 Å². The summed E-state index contributed by atoms with van der Waals surface area (Å²) in [5.74, 6) is -1.64. The molecule has 2 amide bonds. The molecule has 0 fully saturated rings. The molecule has 1 aromatic heterocycles. The lowest BCUT2D eigenvalue weighted by Gasteiger charge is -2.11. The van der Waals surface area contributed by atoms with Crippen molar-refractivity contribution in [1.82, 2.24) is 0 Å². The number of nitrogens with one attached hydrogen (secondary N) is 1. The van der Waals surface area contributed by atoms with E-state index in [1.165, 1.54) is 11.3 Å². The van der Waals surface area contributed by atoms with Gasteiger partial charge in [0.2, 0.25) is 0 Å². The number of hydrogen-bond donors (Lipinski definition) is 2. The molecule has 0 saturated heterocycles. The maximum atomic E-state index is 13.0. The van der Waals surface area contributed by atoms with Crippen molar-refractivity contribution in [2.45, 2.75) is 19.3 Å². The van der Waals surface area contributed by atoms with Crippen molar-refractivity contribution in [2.24, 2.45) is 5.73 Å². The largest absolute Gasteiger partial charge is 0.452 e. The monoisotopic (exact) mass is 444 g/mol. The van der Waals surface area contributed by atoms with Crippen LogP contribution in [0.2, 0.25) is 0 Å². The van der Waals surface area contributed by atoms with Gasteiger partial charge in [0.1, 0.15) is 5.00 Å². The summed E-state index contributed by atoms with van der Waals surface area (Å²) in [4.78, 5) is 38.6. The fraction of sp³-hybridized carbons (Fsp3) is 0.160. The van der Waals surface area contributed by atoms with Gasteiger partial charge in [-0.2, -0.15) is 0 Å². The van der Waals surface area contributed by atoms with Crippen LogP contribution in [-0.4, -0.2) is 24.4 Å². The second-order valence-electron chi connectivity index (χ2n) is 7.74. The number of ether oxygens (including phenoxy) is 1. The summed E-state index contributed by atoms with van der Waals surface area (Å²) < 4.78 is 5.39. The van der Waals surface area contributed by atoms with E-state index in [9.17, 15) is 14.4 Å². The Balaban J connectivity index is 1.38. The predicted octanol–water partition coefficient (Wildman–Crippen LogP) is 4.44. The maximum Gasteiger partial charge on any atom is 0.339 e. The van der Waals surface area contributed by atoms with Gasteiger partial charge < -0.3 is 15.8 Å². The summed E-state index contributed by atoms with van der Waals surface area (Å²) in [6.07, 6.45) is 2.63. The van der Waals surface area contributed by atoms with Crippen molar-refractivity contribution >= 4 is 55.7 Å². The van der Waals surface area contributed by atoms with Gasteiger partial charge in [0.25, 0.3) is 11.8 Å². The number of benzene rings is 3. The molecular weight excluding hydrogens is 424 g/mol. The predicted molar refractivity (Wildman–Crippen MR) is 125 cm³/mol. The van der Waals surface area contributed by atoms with Gasteiger partial charge >= 0.3 is 5.97 Å². The molecule has 0 radical (unpaired) electrons. The molecule has 0 unspecified atom stereocenters. The highest BCUT2D eigenvalue weighted by molar-refractivity contribution is 7.17. The first-order valence-electron chi connectivity index (χ1n) is 10.3.